The summed E-state index contributed by atoms with van der Waals surface area (Å²) in [7, 11) is 0. The van der Waals surface area contributed by atoms with E-state index < -0.39 is 0 Å². The van der Waals surface area contributed by atoms with Crippen LogP contribution in [0.5, 0.6) is 0 Å². The summed E-state index contributed by atoms with van der Waals surface area (Å²) >= 11 is 1.55. The van der Waals surface area contributed by atoms with E-state index in [1.54, 1.807) is 15.7 Å². The van der Waals surface area contributed by atoms with Crippen LogP contribution >= 0.6 is 11.3 Å². The molecule has 0 spiro atoms. The number of rotatable bonds is 0. The lowest BCUT2D eigenvalue weighted by Gasteiger charge is -1.98. The molecule has 4 heteroatoms. The predicted octanol–water partition coefficient (Wildman–Crippen LogP) is 3.37. The van der Waals surface area contributed by atoms with Crippen molar-refractivity contribution in [2.24, 2.45) is 0 Å². The molecule has 0 aliphatic rings. The molecular weight excluding hydrogens is 256 g/mol. The number of benzene rings is 2. The molecule has 0 amide bonds. The minimum atomic E-state index is 0.00991. The van der Waals surface area contributed by atoms with Crippen molar-refractivity contribution < 1.29 is 0 Å². The van der Waals surface area contributed by atoms with Crippen LogP contribution in [-0.4, -0.2) is 9.38 Å². The quantitative estimate of drug-likeness (QED) is 0.489. The van der Waals surface area contributed by atoms with Gasteiger partial charge in [0.1, 0.15) is 0 Å². The second kappa shape index (κ2) is 3.65. The van der Waals surface area contributed by atoms with Gasteiger partial charge in [-0.15, -0.1) is 0 Å². The van der Waals surface area contributed by atoms with Crippen molar-refractivity contribution in [2.75, 3.05) is 0 Å². The summed E-state index contributed by atoms with van der Waals surface area (Å²) in [6.07, 6.45) is 0. The molecule has 19 heavy (non-hydrogen) atoms. The summed E-state index contributed by atoms with van der Waals surface area (Å²) in [5, 5.41) is 0.750. The third kappa shape index (κ3) is 1.43. The first-order valence-electron chi connectivity index (χ1n) is 6.05. The Balaban J connectivity index is 2.33. The van der Waals surface area contributed by atoms with E-state index in [-0.39, 0.29) is 5.56 Å². The fourth-order valence-corrected chi connectivity index (χ4v) is 3.41. The molecule has 0 N–H and O–H groups in total. The van der Waals surface area contributed by atoms with Gasteiger partial charge in [0.15, 0.2) is 4.96 Å². The van der Waals surface area contributed by atoms with Gasteiger partial charge in [-0.3, -0.25) is 4.79 Å². The molecule has 0 aliphatic carbocycles. The van der Waals surface area contributed by atoms with Crippen LogP contribution in [0.2, 0.25) is 0 Å². The highest BCUT2D eigenvalue weighted by molar-refractivity contribution is 7.23. The van der Waals surface area contributed by atoms with Gasteiger partial charge in [-0.2, -0.15) is 0 Å². The summed E-state index contributed by atoms with van der Waals surface area (Å²) in [6.45, 7) is 2.03. The number of hydrogen-bond donors (Lipinski definition) is 0. The van der Waals surface area contributed by atoms with E-state index in [2.05, 4.69) is 4.98 Å². The Hall–Kier alpha value is -2.20. The molecule has 0 saturated heterocycles. The molecule has 2 aromatic carbocycles. The summed E-state index contributed by atoms with van der Waals surface area (Å²) < 4.78 is 2.69. The third-order valence-corrected chi connectivity index (χ3v) is 4.33. The van der Waals surface area contributed by atoms with Crippen molar-refractivity contribution >= 4 is 37.4 Å². The minimum absolute atomic E-state index is 0.00991. The van der Waals surface area contributed by atoms with Crippen molar-refractivity contribution in [3.63, 3.8) is 0 Å². The molecule has 4 aromatic rings. The Morgan fingerprint density at radius 1 is 1.16 bits per heavy atom. The van der Waals surface area contributed by atoms with Crippen molar-refractivity contribution in [1.82, 2.24) is 9.38 Å². The van der Waals surface area contributed by atoms with E-state index in [0.717, 1.165) is 31.6 Å². The zero-order chi connectivity index (χ0) is 13.0. The lowest BCUT2D eigenvalue weighted by atomic mass is 10.2. The Morgan fingerprint density at radius 3 is 2.89 bits per heavy atom. The average Bonchev–Trinajstić information content (AvgIpc) is 2.76. The smallest absolute Gasteiger partial charge is 0.266 e. The molecule has 4 rings (SSSR count). The SMILES string of the molecule is Cc1ccc2c(c1)nc1sc3ccccc3c(=O)n12. The zero-order valence-corrected chi connectivity index (χ0v) is 11.1. The van der Waals surface area contributed by atoms with Gasteiger partial charge in [-0.1, -0.05) is 29.5 Å². The Kier molecular flexibility index (Phi) is 2.05. The van der Waals surface area contributed by atoms with E-state index in [0.29, 0.717) is 0 Å². The van der Waals surface area contributed by atoms with Gasteiger partial charge in [0.05, 0.1) is 16.4 Å². The van der Waals surface area contributed by atoms with Gasteiger partial charge in [-0.25, -0.2) is 9.38 Å². The highest BCUT2D eigenvalue weighted by atomic mass is 32.1. The monoisotopic (exact) mass is 266 g/mol. The summed E-state index contributed by atoms with van der Waals surface area (Å²) in [4.78, 5) is 17.9. The van der Waals surface area contributed by atoms with Gasteiger partial charge in [0, 0.05) is 4.70 Å². The summed E-state index contributed by atoms with van der Waals surface area (Å²) in [5.74, 6) is 0. The second-order valence-corrected chi connectivity index (χ2v) is 5.63. The van der Waals surface area contributed by atoms with Crippen LogP contribution in [-0.2, 0) is 0 Å². The van der Waals surface area contributed by atoms with E-state index >= 15 is 0 Å². The van der Waals surface area contributed by atoms with Crippen LogP contribution in [0, 0.1) is 6.92 Å². The van der Waals surface area contributed by atoms with Crippen LogP contribution in [0.3, 0.4) is 0 Å². The number of aryl methyl sites for hydroxylation is 1. The average molecular weight is 266 g/mol. The minimum Gasteiger partial charge on any atom is -0.268 e. The highest BCUT2D eigenvalue weighted by Gasteiger charge is 2.10. The van der Waals surface area contributed by atoms with Gasteiger partial charge in [-0.05, 0) is 36.8 Å². The lowest BCUT2D eigenvalue weighted by molar-refractivity contribution is 1.20. The van der Waals surface area contributed by atoms with Crippen molar-refractivity contribution in [1.29, 1.82) is 0 Å². The molecule has 0 radical (unpaired) electrons. The van der Waals surface area contributed by atoms with Crippen LogP contribution in [0.4, 0.5) is 0 Å². The van der Waals surface area contributed by atoms with Crippen LogP contribution in [0.15, 0.2) is 47.3 Å². The summed E-state index contributed by atoms with van der Waals surface area (Å²) in [5.41, 5.74) is 2.92. The van der Waals surface area contributed by atoms with Gasteiger partial charge in [0.2, 0.25) is 0 Å². The molecule has 0 saturated carbocycles. The Labute approximate surface area is 112 Å². The van der Waals surface area contributed by atoms with E-state index in [9.17, 15) is 4.79 Å². The molecule has 0 unspecified atom stereocenters. The lowest BCUT2D eigenvalue weighted by Crippen LogP contribution is -2.11. The maximum atomic E-state index is 12.6. The number of hydrogen-bond acceptors (Lipinski definition) is 3. The van der Waals surface area contributed by atoms with Crippen LogP contribution in [0.1, 0.15) is 5.56 Å². The molecule has 0 bridgehead atoms. The van der Waals surface area contributed by atoms with Crippen molar-refractivity contribution in [3.8, 4) is 0 Å². The van der Waals surface area contributed by atoms with E-state index in [1.165, 1.54) is 0 Å². The summed E-state index contributed by atoms with van der Waals surface area (Å²) in [6, 6.07) is 13.7. The first-order valence-corrected chi connectivity index (χ1v) is 6.86. The van der Waals surface area contributed by atoms with E-state index in [4.69, 9.17) is 0 Å². The van der Waals surface area contributed by atoms with Crippen LogP contribution in [0.25, 0.3) is 26.1 Å². The standard InChI is InChI=1S/C15H10N2OS/c1-9-6-7-12-11(8-9)16-15-17(12)14(18)10-4-2-3-5-13(10)19-15/h2-8H,1H3. The van der Waals surface area contributed by atoms with Gasteiger partial charge in [0.25, 0.3) is 5.56 Å². The molecule has 2 heterocycles. The normalized spacial score (nSPS) is 11.6. The Bertz CT molecular complexity index is 997. The van der Waals surface area contributed by atoms with Gasteiger partial charge >= 0.3 is 0 Å². The number of nitrogens with zero attached hydrogens (tertiary/aromatic N) is 2. The number of imidazole rings is 1. The van der Waals surface area contributed by atoms with Crippen LogP contribution < -0.4 is 5.56 Å². The van der Waals surface area contributed by atoms with Crippen molar-refractivity contribution in [3.05, 3.63) is 58.4 Å². The predicted molar refractivity (Wildman–Crippen MR) is 79.1 cm³/mol. The first-order chi connectivity index (χ1) is 9.24. The molecule has 3 nitrogen and oxygen atoms in total. The van der Waals surface area contributed by atoms with Gasteiger partial charge < -0.3 is 0 Å². The molecular formula is C15H10N2OS. The zero-order valence-electron chi connectivity index (χ0n) is 10.3. The second-order valence-electron chi connectivity index (χ2n) is 4.63. The Morgan fingerprint density at radius 2 is 2.00 bits per heavy atom. The maximum Gasteiger partial charge on any atom is 0.266 e. The fourth-order valence-electron chi connectivity index (χ4n) is 2.38. The van der Waals surface area contributed by atoms with Crippen molar-refractivity contribution in [2.45, 2.75) is 6.92 Å². The highest BCUT2D eigenvalue weighted by Crippen LogP contribution is 2.23. The van der Waals surface area contributed by atoms with E-state index in [1.807, 2.05) is 49.4 Å². The topological polar surface area (TPSA) is 34.4 Å². The molecule has 0 aliphatic heterocycles. The fraction of sp³-hybridized carbons (Fsp3) is 0.0667. The molecule has 0 atom stereocenters. The molecule has 92 valence electrons. The first kappa shape index (κ1) is 10.7. The number of aromatic nitrogens is 2. The largest absolute Gasteiger partial charge is 0.268 e. The maximum absolute atomic E-state index is 12.6. The molecule has 2 aromatic heterocycles. The third-order valence-electron chi connectivity index (χ3n) is 3.30. The molecule has 0 fully saturated rings. The number of fused-ring (bicyclic) bond motifs is 4.